The highest BCUT2D eigenvalue weighted by atomic mass is 19.1. The lowest BCUT2D eigenvalue weighted by Gasteiger charge is -2.20. The quantitative estimate of drug-likeness (QED) is 0.792. The molecule has 1 heterocycles. The molecule has 1 fully saturated rings. The molecule has 22 heavy (non-hydrogen) atoms. The molecule has 0 bridgehead atoms. The van der Waals surface area contributed by atoms with Gasteiger partial charge in [0.1, 0.15) is 12.4 Å². The summed E-state index contributed by atoms with van der Waals surface area (Å²) >= 11 is 0. The molecule has 2 atom stereocenters. The molecule has 7 heteroatoms. The summed E-state index contributed by atoms with van der Waals surface area (Å²) in [5.74, 6) is -1.47. The number of benzene rings is 1. The number of nitrogens with one attached hydrogen (secondary N) is 2. The molecule has 1 saturated heterocycles. The Morgan fingerprint density at radius 1 is 1.50 bits per heavy atom. The van der Waals surface area contributed by atoms with Crippen molar-refractivity contribution < 1.29 is 23.0 Å². The fourth-order valence-corrected chi connectivity index (χ4v) is 2.27. The maximum Gasteiger partial charge on any atom is 0.315 e. The van der Waals surface area contributed by atoms with Crippen molar-refractivity contribution in [2.75, 3.05) is 19.8 Å². The second-order valence-corrected chi connectivity index (χ2v) is 5.16. The van der Waals surface area contributed by atoms with Gasteiger partial charge in [-0.2, -0.15) is 0 Å². The Balaban J connectivity index is 1.64. The highest BCUT2D eigenvalue weighted by Gasteiger charge is 2.23. The summed E-state index contributed by atoms with van der Waals surface area (Å²) < 4.78 is 36.6. The smallest absolute Gasteiger partial charge is 0.315 e. The van der Waals surface area contributed by atoms with Crippen molar-refractivity contribution in [1.29, 1.82) is 0 Å². The molecule has 1 aliphatic rings. The fraction of sp³-hybridized carbons (Fsp3) is 0.533. The molecule has 0 radical (unpaired) electrons. The summed E-state index contributed by atoms with van der Waals surface area (Å²) in [5, 5.41) is 5.40. The molecule has 0 aliphatic carbocycles. The number of carbonyl (C=O) groups is 1. The predicted octanol–water partition coefficient (Wildman–Crippen LogP) is 2.21. The summed E-state index contributed by atoms with van der Waals surface area (Å²) in [5.41, 5.74) is 0. The van der Waals surface area contributed by atoms with Gasteiger partial charge in [0.15, 0.2) is 11.6 Å². The van der Waals surface area contributed by atoms with Crippen LogP contribution >= 0.6 is 0 Å². The van der Waals surface area contributed by atoms with E-state index in [1.54, 1.807) is 0 Å². The highest BCUT2D eigenvalue weighted by Crippen LogP contribution is 2.17. The molecule has 2 N–H and O–H groups in total. The van der Waals surface area contributed by atoms with Crippen LogP contribution in [0.5, 0.6) is 5.75 Å². The molecule has 0 saturated carbocycles. The molecule has 1 aliphatic heterocycles. The van der Waals surface area contributed by atoms with Crippen LogP contribution < -0.4 is 15.4 Å². The monoisotopic (exact) mass is 314 g/mol. The van der Waals surface area contributed by atoms with Gasteiger partial charge in [-0.15, -0.1) is 0 Å². The molecular formula is C15H20F2N2O3. The van der Waals surface area contributed by atoms with Crippen LogP contribution in [0.2, 0.25) is 0 Å². The van der Waals surface area contributed by atoms with Crippen LogP contribution in [0.1, 0.15) is 19.8 Å². The van der Waals surface area contributed by atoms with Gasteiger partial charge in [-0.25, -0.2) is 13.6 Å². The van der Waals surface area contributed by atoms with E-state index in [4.69, 9.17) is 9.47 Å². The Morgan fingerprint density at radius 2 is 2.32 bits per heavy atom. The van der Waals surface area contributed by atoms with Gasteiger partial charge in [0.2, 0.25) is 0 Å². The van der Waals surface area contributed by atoms with Crippen LogP contribution in [0.25, 0.3) is 0 Å². The van der Waals surface area contributed by atoms with Crippen molar-refractivity contribution in [3.05, 3.63) is 29.8 Å². The summed E-state index contributed by atoms with van der Waals surface area (Å²) in [6.45, 7) is 2.92. The standard InChI is InChI=1S/C15H20F2N2O3/c1-10(13-3-2-7-21-13)19-15(20)18-6-8-22-14-5-4-11(16)9-12(14)17/h4-5,9-10,13H,2-3,6-8H2,1H3,(H2,18,19,20)/t10-,13-/m0/s1. The van der Waals surface area contributed by atoms with Gasteiger partial charge in [0, 0.05) is 12.7 Å². The van der Waals surface area contributed by atoms with Crippen LogP contribution in [-0.2, 0) is 4.74 Å². The molecule has 0 aromatic heterocycles. The number of urea groups is 1. The van der Waals surface area contributed by atoms with Gasteiger partial charge in [-0.1, -0.05) is 0 Å². The van der Waals surface area contributed by atoms with Gasteiger partial charge in [-0.05, 0) is 31.9 Å². The normalized spacial score (nSPS) is 18.8. The van der Waals surface area contributed by atoms with Crippen molar-refractivity contribution in [3.8, 4) is 5.75 Å². The van der Waals surface area contributed by atoms with Crippen molar-refractivity contribution in [2.24, 2.45) is 0 Å². The van der Waals surface area contributed by atoms with E-state index >= 15 is 0 Å². The first kappa shape index (κ1) is 16.5. The summed E-state index contributed by atoms with van der Waals surface area (Å²) in [6, 6.07) is 2.68. The first-order chi connectivity index (χ1) is 10.6. The predicted molar refractivity (Wildman–Crippen MR) is 76.8 cm³/mol. The summed E-state index contributed by atoms with van der Waals surface area (Å²) in [4.78, 5) is 11.7. The number of amides is 2. The zero-order valence-corrected chi connectivity index (χ0v) is 12.4. The third-order valence-corrected chi connectivity index (χ3v) is 3.42. The lowest BCUT2D eigenvalue weighted by Crippen LogP contribution is -2.46. The van der Waals surface area contributed by atoms with Crippen molar-refractivity contribution in [2.45, 2.75) is 31.9 Å². The van der Waals surface area contributed by atoms with Crippen LogP contribution in [-0.4, -0.2) is 37.9 Å². The largest absolute Gasteiger partial charge is 0.489 e. The van der Waals surface area contributed by atoms with Crippen LogP contribution in [0.15, 0.2) is 18.2 Å². The zero-order valence-electron chi connectivity index (χ0n) is 12.4. The first-order valence-electron chi connectivity index (χ1n) is 7.30. The minimum Gasteiger partial charge on any atom is -0.489 e. The Kier molecular flexibility index (Phi) is 5.94. The van der Waals surface area contributed by atoms with E-state index in [1.807, 2.05) is 6.92 Å². The molecule has 2 rings (SSSR count). The van der Waals surface area contributed by atoms with E-state index in [2.05, 4.69) is 10.6 Å². The van der Waals surface area contributed by atoms with Crippen LogP contribution in [0, 0.1) is 11.6 Å². The molecule has 0 spiro atoms. The Labute approximate surface area is 128 Å². The van der Waals surface area contributed by atoms with Crippen molar-refractivity contribution in [3.63, 3.8) is 0 Å². The Hall–Kier alpha value is -1.89. The van der Waals surface area contributed by atoms with E-state index in [0.29, 0.717) is 0 Å². The Bertz CT molecular complexity index is 508. The molecule has 122 valence electrons. The fourth-order valence-electron chi connectivity index (χ4n) is 2.27. The third kappa shape index (κ3) is 4.84. The lowest BCUT2D eigenvalue weighted by atomic mass is 10.1. The molecular weight excluding hydrogens is 294 g/mol. The minimum atomic E-state index is -0.767. The van der Waals surface area contributed by atoms with Gasteiger partial charge >= 0.3 is 6.03 Å². The molecule has 5 nitrogen and oxygen atoms in total. The number of hydrogen-bond acceptors (Lipinski definition) is 3. The van der Waals surface area contributed by atoms with E-state index in [0.717, 1.165) is 31.6 Å². The van der Waals surface area contributed by atoms with Crippen LogP contribution in [0.3, 0.4) is 0 Å². The van der Waals surface area contributed by atoms with Gasteiger partial charge in [-0.3, -0.25) is 0 Å². The van der Waals surface area contributed by atoms with Crippen molar-refractivity contribution >= 4 is 6.03 Å². The van der Waals surface area contributed by atoms with Crippen LogP contribution in [0.4, 0.5) is 13.6 Å². The van der Waals surface area contributed by atoms with E-state index < -0.39 is 11.6 Å². The van der Waals surface area contributed by atoms with E-state index in [1.165, 1.54) is 6.07 Å². The summed E-state index contributed by atoms with van der Waals surface area (Å²) in [7, 11) is 0. The third-order valence-electron chi connectivity index (χ3n) is 3.42. The average Bonchev–Trinajstić information content (AvgIpc) is 2.99. The van der Waals surface area contributed by atoms with Crippen molar-refractivity contribution in [1.82, 2.24) is 10.6 Å². The molecule has 0 unspecified atom stereocenters. The number of carbonyl (C=O) groups excluding carboxylic acids is 1. The van der Waals surface area contributed by atoms with Gasteiger partial charge in [0.25, 0.3) is 0 Å². The first-order valence-corrected chi connectivity index (χ1v) is 7.30. The maximum absolute atomic E-state index is 13.3. The number of hydrogen-bond donors (Lipinski definition) is 2. The maximum atomic E-state index is 13.3. The lowest BCUT2D eigenvalue weighted by molar-refractivity contribution is 0.0860. The van der Waals surface area contributed by atoms with E-state index in [9.17, 15) is 13.6 Å². The second kappa shape index (κ2) is 7.93. The topological polar surface area (TPSA) is 59.6 Å². The molecule has 2 amide bonds. The zero-order chi connectivity index (χ0) is 15.9. The highest BCUT2D eigenvalue weighted by molar-refractivity contribution is 5.74. The van der Waals surface area contributed by atoms with Gasteiger partial charge < -0.3 is 20.1 Å². The number of halogens is 2. The number of rotatable bonds is 6. The molecule has 1 aromatic rings. The summed E-state index contributed by atoms with van der Waals surface area (Å²) in [6.07, 6.45) is 2.00. The molecule has 1 aromatic carbocycles. The minimum absolute atomic E-state index is 0.0451. The number of ether oxygens (including phenoxy) is 2. The van der Waals surface area contributed by atoms with E-state index in [-0.39, 0.29) is 37.1 Å². The second-order valence-electron chi connectivity index (χ2n) is 5.16. The van der Waals surface area contributed by atoms with Gasteiger partial charge in [0.05, 0.1) is 18.7 Å². The Morgan fingerprint density at radius 3 is 3.00 bits per heavy atom. The average molecular weight is 314 g/mol. The SMILES string of the molecule is C[C@H](NC(=O)NCCOc1ccc(F)cc1F)[C@@H]1CCCO1.